The number of nitrogens with one attached hydrogen (secondary N) is 5. The van der Waals surface area contributed by atoms with Crippen molar-refractivity contribution in [2.75, 3.05) is 49.9 Å². The number of benzene rings is 2. The van der Waals surface area contributed by atoms with Crippen molar-refractivity contribution in [3.05, 3.63) is 168 Å². The van der Waals surface area contributed by atoms with E-state index in [1.165, 1.54) is 28.0 Å². The molecule has 0 spiro atoms. The molecule has 11 heterocycles. The highest BCUT2D eigenvalue weighted by Gasteiger charge is 2.28. The molecule has 3 amide bonds. The Morgan fingerprint density at radius 1 is 0.551 bits per heavy atom. The zero-order valence-corrected chi connectivity index (χ0v) is 53.8. The molecule has 0 atom stereocenters. The molecular weight excluding hydrogens is 1260 g/mol. The third-order valence-electron chi connectivity index (χ3n) is 15.6. The predicted molar refractivity (Wildman–Crippen MR) is 348 cm³/mol. The number of rotatable bonds is 12. The van der Waals surface area contributed by atoms with E-state index >= 15 is 0 Å². The Morgan fingerprint density at radius 2 is 1.00 bits per heavy atom. The molecule has 0 bridgehead atoms. The third-order valence-corrected chi connectivity index (χ3v) is 16.7. The zero-order chi connectivity index (χ0) is 61.8. The number of H-pyrrole nitrogens is 2. The summed E-state index contributed by atoms with van der Waals surface area (Å²) in [5.41, 5.74) is 12.6. The van der Waals surface area contributed by atoms with E-state index in [1.54, 1.807) is 11.1 Å². The minimum absolute atomic E-state index is 0. The minimum atomic E-state index is -0.439. The summed E-state index contributed by atoms with van der Waals surface area (Å²) in [6, 6.07) is 17.9. The van der Waals surface area contributed by atoms with E-state index in [4.69, 9.17) is 68.0 Å². The Hall–Kier alpha value is -7.37. The lowest BCUT2D eigenvalue weighted by Gasteiger charge is -2.29. The van der Waals surface area contributed by atoms with Crippen LogP contribution in [0.25, 0.3) is 33.2 Å². The number of anilines is 2. The first-order valence-corrected chi connectivity index (χ1v) is 31.1. The molecule has 0 saturated heterocycles. The van der Waals surface area contributed by atoms with Crippen molar-refractivity contribution in [1.29, 1.82) is 0 Å². The number of fused-ring (bicyclic) bond motifs is 6. The number of pyridine rings is 1. The summed E-state index contributed by atoms with van der Waals surface area (Å²) in [7, 11) is 0. The fraction of sp³-hybridized carbons (Fsp3) is 0.355. The van der Waals surface area contributed by atoms with Crippen LogP contribution in [0, 0.1) is 5.82 Å². The van der Waals surface area contributed by atoms with Crippen molar-refractivity contribution >= 4 is 122 Å². The summed E-state index contributed by atoms with van der Waals surface area (Å²) in [5.74, 6) is 1.85. The third kappa shape index (κ3) is 16.3. The van der Waals surface area contributed by atoms with Crippen LogP contribution in [0.1, 0.15) is 96.2 Å². The van der Waals surface area contributed by atoms with Gasteiger partial charge in [-0.15, -0.1) is 12.4 Å². The van der Waals surface area contributed by atoms with Gasteiger partial charge in [-0.25, -0.2) is 44.3 Å². The number of halogens is 7. The van der Waals surface area contributed by atoms with Gasteiger partial charge in [-0.2, -0.15) is 0 Å². The first kappa shape index (κ1) is 66.1. The molecule has 2 aromatic carbocycles. The molecule has 13 rings (SSSR count). The van der Waals surface area contributed by atoms with Gasteiger partial charge in [-0.3, -0.25) is 19.4 Å². The second-order valence-corrected chi connectivity index (χ2v) is 22.9. The quantitative estimate of drug-likeness (QED) is 0.0564. The molecular formula is C62H66Cl6FN17O3. The van der Waals surface area contributed by atoms with Crippen LogP contribution >= 0.6 is 70.4 Å². The molecule has 20 nitrogen and oxygen atoms in total. The summed E-state index contributed by atoms with van der Waals surface area (Å²) in [6.45, 7) is 12.1. The van der Waals surface area contributed by atoms with E-state index in [9.17, 15) is 18.8 Å². The second kappa shape index (κ2) is 30.9. The number of nitrogens with zero attached hydrogens (tertiary/aromatic N) is 12. The highest BCUT2D eigenvalue weighted by Crippen LogP contribution is 2.31. The van der Waals surface area contributed by atoms with Crippen LogP contribution in [-0.4, -0.2) is 127 Å². The standard InChI is InChI=1S/C25H25FN6O.C20H22ClN5O.C10H11Cl2N3O.C7H7Cl2N3.ClH/c1-2-23(33)32-10-8-20-22(15-32)30-24(17-11-18(26)14-27-12-17)31-25(20)28-9-7-16-13-29-21-6-4-3-5-19(16)21;1-2-18(27)26-10-8-15-17(12-26)24-20(21)25-19(15)22-9-7-13-11-23-16-6-4-3-5-14(13)16;1-2-8(16)15-4-3-6-7(5-15)13-10(12)14-9(6)11;8-6-4-1-2-10-3-5(4)11-7(9)12-6;/h3-6,11-14,29H,2,7-10,15H2,1H3,(H,28,30,31);3-6,11,23H,2,7-10,12H2,1H3,(H,22,24,25);2-5H2,1H3;10H,1-3H2;1H. The molecule has 5 N–H and O–H groups in total. The predicted octanol–water partition coefficient (Wildman–Crippen LogP) is 11.6. The lowest BCUT2D eigenvalue weighted by Crippen LogP contribution is -2.36. The van der Waals surface area contributed by atoms with Gasteiger partial charge < -0.3 is 40.6 Å². The second-order valence-electron chi connectivity index (χ2n) is 21.2. The van der Waals surface area contributed by atoms with Crippen LogP contribution in [0.15, 0.2) is 79.4 Å². The SMILES string of the molecule is CCC(=O)N1CCc2c(Cl)nc(Cl)nc2C1.CCC(=O)N1CCc2c(nc(-c3cncc(F)c3)nc2NCCc2c[nH]c3ccccc23)C1.CCC(=O)N1CCc2c(nc(Cl)nc2NCCc2c[nH]c3ccccc23)C1.Cl.Clc1nc(Cl)c2c(n1)CNCC2. The lowest BCUT2D eigenvalue weighted by molar-refractivity contribution is -0.132. The molecule has 4 aliphatic rings. The number of aromatic amines is 2. The Balaban J connectivity index is 0.000000150. The Bertz CT molecular complexity index is 4000. The molecule has 89 heavy (non-hydrogen) atoms. The molecule has 0 saturated carbocycles. The van der Waals surface area contributed by atoms with Crippen LogP contribution in [0.3, 0.4) is 0 Å². The van der Waals surface area contributed by atoms with Crippen LogP contribution in [0.2, 0.25) is 26.2 Å². The number of hydrogen-bond donors (Lipinski definition) is 5. The number of hydrogen-bond acceptors (Lipinski definition) is 15. The highest BCUT2D eigenvalue weighted by molar-refractivity contribution is 6.33. The number of carbonyl (C=O) groups is 3. The average molecular weight is 1330 g/mol. The van der Waals surface area contributed by atoms with Crippen LogP contribution in [-0.2, 0) is 79.1 Å². The van der Waals surface area contributed by atoms with Gasteiger partial charge in [0.25, 0.3) is 0 Å². The van der Waals surface area contributed by atoms with E-state index < -0.39 is 5.82 Å². The van der Waals surface area contributed by atoms with Gasteiger partial charge in [-0.1, -0.05) is 80.4 Å². The van der Waals surface area contributed by atoms with Gasteiger partial charge >= 0.3 is 0 Å². The van der Waals surface area contributed by atoms with Crippen LogP contribution in [0.5, 0.6) is 0 Å². The molecule has 27 heteroatoms. The van der Waals surface area contributed by atoms with Crippen molar-refractivity contribution in [2.45, 2.75) is 105 Å². The van der Waals surface area contributed by atoms with Crippen LogP contribution < -0.4 is 16.0 Å². The van der Waals surface area contributed by atoms with Crippen molar-refractivity contribution in [1.82, 2.24) is 74.8 Å². The fourth-order valence-electron chi connectivity index (χ4n) is 11.0. The maximum Gasteiger partial charge on any atom is 0.224 e. The maximum absolute atomic E-state index is 13.8. The lowest BCUT2D eigenvalue weighted by atomic mass is 10.0. The molecule has 0 fully saturated rings. The molecule has 0 unspecified atom stereocenters. The van der Waals surface area contributed by atoms with Crippen molar-refractivity contribution in [2.24, 2.45) is 0 Å². The van der Waals surface area contributed by atoms with Crippen molar-refractivity contribution in [3.63, 3.8) is 0 Å². The summed E-state index contributed by atoms with van der Waals surface area (Å²) in [5, 5.41) is 14.0. The smallest absolute Gasteiger partial charge is 0.224 e. The Labute approximate surface area is 545 Å². The van der Waals surface area contributed by atoms with E-state index in [-0.39, 0.29) is 46.0 Å². The summed E-state index contributed by atoms with van der Waals surface area (Å²) in [4.78, 5) is 85.9. The fourth-order valence-corrected chi connectivity index (χ4v) is 12.3. The van der Waals surface area contributed by atoms with Gasteiger partial charge in [0.15, 0.2) is 5.82 Å². The molecule has 0 aliphatic carbocycles. The first-order chi connectivity index (χ1) is 42.7. The monoisotopic (exact) mass is 1330 g/mol. The van der Waals surface area contributed by atoms with E-state index in [2.05, 4.69) is 97.3 Å². The molecule has 7 aromatic heterocycles. The van der Waals surface area contributed by atoms with Gasteiger partial charge in [0.1, 0.15) is 27.8 Å². The van der Waals surface area contributed by atoms with Crippen LogP contribution in [0.4, 0.5) is 16.0 Å². The molecule has 9 aromatic rings. The van der Waals surface area contributed by atoms with Crippen molar-refractivity contribution < 1.29 is 18.8 Å². The summed E-state index contributed by atoms with van der Waals surface area (Å²) < 4.78 is 13.8. The zero-order valence-electron chi connectivity index (χ0n) is 49.2. The summed E-state index contributed by atoms with van der Waals surface area (Å²) in [6.07, 6.45) is 13.0. The number of aromatic nitrogens is 11. The van der Waals surface area contributed by atoms with E-state index in [0.717, 1.165) is 119 Å². The van der Waals surface area contributed by atoms with Gasteiger partial charge in [-0.05, 0) is 109 Å². The van der Waals surface area contributed by atoms with E-state index in [1.807, 2.05) is 55.0 Å². The number of para-hydroxylation sites is 2. The molecule has 466 valence electrons. The average Bonchev–Trinajstić information content (AvgIpc) is 1.94. The molecule has 4 aliphatic heterocycles. The van der Waals surface area contributed by atoms with Crippen molar-refractivity contribution in [3.8, 4) is 11.4 Å². The van der Waals surface area contributed by atoms with Gasteiger partial charge in [0, 0.05) is 127 Å². The highest BCUT2D eigenvalue weighted by atomic mass is 35.5. The van der Waals surface area contributed by atoms with Gasteiger partial charge in [0.05, 0.1) is 48.6 Å². The number of amides is 3. The Morgan fingerprint density at radius 3 is 1.52 bits per heavy atom. The first-order valence-electron chi connectivity index (χ1n) is 29.3. The minimum Gasteiger partial charge on any atom is -0.369 e. The summed E-state index contributed by atoms with van der Waals surface area (Å²) >= 11 is 29.4. The molecule has 0 radical (unpaired) electrons. The topological polar surface area (TPSA) is 245 Å². The largest absolute Gasteiger partial charge is 0.369 e. The Kier molecular flexibility index (Phi) is 22.9. The van der Waals surface area contributed by atoms with E-state index in [0.29, 0.717) is 99.6 Å². The van der Waals surface area contributed by atoms with Gasteiger partial charge in [0.2, 0.25) is 33.6 Å². The maximum atomic E-state index is 13.8. The number of carbonyl (C=O) groups excluding carboxylic acids is 3. The normalized spacial score (nSPS) is 13.8.